The van der Waals surface area contributed by atoms with Crippen LogP contribution < -0.4 is 5.73 Å². The lowest BCUT2D eigenvalue weighted by Gasteiger charge is -2.37. The first-order chi connectivity index (χ1) is 8.79. The molecule has 1 fully saturated rings. The molecular formula is C15H26BrN3. The average Bonchev–Trinajstić information content (AvgIpc) is 2.57. The molecule has 0 unspecified atom stereocenters. The molecule has 1 aliphatic carbocycles. The van der Waals surface area contributed by atoms with E-state index in [-0.39, 0.29) is 0 Å². The second-order valence-corrected chi connectivity index (χ2v) is 7.84. The molecule has 1 heterocycles. The van der Waals surface area contributed by atoms with Crippen molar-refractivity contribution in [2.75, 3.05) is 5.73 Å². The van der Waals surface area contributed by atoms with Crippen LogP contribution in [0.15, 0.2) is 4.47 Å². The molecule has 108 valence electrons. The highest BCUT2D eigenvalue weighted by molar-refractivity contribution is 9.10. The molecule has 0 radical (unpaired) electrons. The minimum atomic E-state index is 0.454. The summed E-state index contributed by atoms with van der Waals surface area (Å²) < 4.78 is 2.93. The molecule has 0 atom stereocenters. The second-order valence-electron chi connectivity index (χ2n) is 7.05. The molecule has 0 aromatic carbocycles. The van der Waals surface area contributed by atoms with Crippen LogP contribution in [0.3, 0.4) is 0 Å². The molecule has 0 bridgehead atoms. The summed E-state index contributed by atoms with van der Waals surface area (Å²) in [5.74, 6) is 2.37. The van der Waals surface area contributed by atoms with Gasteiger partial charge in [-0.05, 0) is 65.8 Å². The van der Waals surface area contributed by atoms with Crippen molar-refractivity contribution in [3.8, 4) is 0 Å². The Morgan fingerprint density at radius 1 is 1.26 bits per heavy atom. The first-order valence-corrected chi connectivity index (χ1v) is 8.06. The van der Waals surface area contributed by atoms with E-state index in [1.807, 2.05) is 11.6 Å². The molecule has 0 aliphatic heterocycles. The molecule has 1 aliphatic rings. The van der Waals surface area contributed by atoms with Gasteiger partial charge in [0.2, 0.25) is 0 Å². The van der Waals surface area contributed by atoms with Gasteiger partial charge in [-0.15, -0.1) is 0 Å². The van der Waals surface area contributed by atoms with Crippen LogP contribution in [0.1, 0.15) is 52.1 Å². The molecule has 1 aromatic rings. The van der Waals surface area contributed by atoms with Gasteiger partial charge in [-0.25, -0.2) is 4.68 Å². The van der Waals surface area contributed by atoms with E-state index >= 15 is 0 Å². The molecular weight excluding hydrogens is 302 g/mol. The van der Waals surface area contributed by atoms with E-state index in [2.05, 4.69) is 41.8 Å². The maximum atomic E-state index is 6.07. The SMILES string of the molecule is Cc1nn(CC2CCC(C(C)(C)C)CC2)c(N)c1Br. The number of nitrogen functional groups attached to an aromatic ring is 1. The summed E-state index contributed by atoms with van der Waals surface area (Å²) in [5.41, 5.74) is 7.51. The Bertz CT molecular complexity index is 437. The number of hydrogen-bond acceptors (Lipinski definition) is 2. The molecule has 1 aromatic heterocycles. The van der Waals surface area contributed by atoms with Crippen molar-refractivity contribution in [1.29, 1.82) is 0 Å². The van der Waals surface area contributed by atoms with Gasteiger partial charge >= 0.3 is 0 Å². The summed E-state index contributed by atoms with van der Waals surface area (Å²) in [5, 5.41) is 4.52. The van der Waals surface area contributed by atoms with Crippen LogP contribution in [0.2, 0.25) is 0 Å². The van der Waals surface area contributed by atoms with Crippen LogP contribution in [0.5, 0.6) is 0 Å². The summed E-state index contributed by atoms with van der Waals surface area (Å²) in [4.78, 5) is 0. The number of anilines is 1. The largest absolute Gasteiger partial charge is 0.383 e. The summed E-state index contributed by atoms with van der Waals surface area (Å²) in [6, 6.07) is 0. The number of aryl methyl sites for hydroxylation is 1. The second kappa shape index (κ2) is 5.47. The quantitative estimate of drug-likeness (QED) is 0.875. The highest BCUT2D eigenvalue weighted by atomic mass is 79.9. The van der Waals surface area contributed by atoms with Crippen molar-refractivity contribution in [3.05, 3.63) is 10.2 Å². The highest BCUT2D eigenvalue weighted by Gasteiger charge is 2.30. The summed E-state index contributed by atoms with van der Waals surface area (Å²) >= 11 is 3.49. The van der Waals surface area contributed by atoms with E-state index in [1.54, 1.807) is 0 Å². The number of hydrogen-bond donors (Lipinski definition) is 1. The third kappa shape index (κ3) is 3.33. The minimum Gasteiger partial charge on any atom is -0.383 e. The Hall–Kier alpha value is -0.510. The van der Waals surface area contributed by atoms with Crippen LogP contribution in [-0.4, -0.2) is 9.78 Å². The zero-order valence-corrected chi connectivity index (χ0v) is 14.1. The van der Waals surface area contributed by atoms with Crippen molar-refractivity contribution >= 4 is 21.7 Å². The Morgan fingerprint density at radius 3 is 2.26 bits per heavy atom. The van der Waals surface area contributed by atoms with E-state index in [9.17, 15) is 0 Å². The third-order valence-corrected chi connectivity index (χ3v) is 5.57. The van der Waals surface area contributed by atoms with Crippen molar-refractivity contribution in [2.45, 2.75) is 59.9 Å². The molecule has 0 saturated heterocycles. The molecule has 1 saturated carbocycles. The van der Waals surface area contributed by atoms with E-state index in [1.165, 1.54) is 25.7 Å². The zero-order chi connectivity index (χ0) is 14.2. The lowest BCUT2D eigenvalue weighted by molar-refractivity contribution is 0.141. The summed E-state index contributed by atoms with van der Waals surface area (Å²) in [7, 11) is 0. The topological polar surface area (TPSA) is 43.8 Å². The fourth-order valence-electron chi connectivity index (χ4n) is 3.17. The monoisotopic (exact) mass is 327 g/mol. The van der Waals surface area contributed by atoms with Crippen LogP contribution in [-0.2, 0) is 6.54 Å². The fourth-order valence-corrected chi connectivity index (χ4v) is 3.46. The van der Waals surface area contributed by atoms with E-state index in [4.69, 9.17) is 5.73 Å². The highest BCUT2D eigenvalue weighted by Crippen LogP contribution is 2.40. The summed E-state index contributed by atoms with van der Waals surface area (Å²) in [6.45, 7) is 10.1. The Labute approximate surface area is 125 Å². The number of aromatic nitrogens is 2. The number of nitrogens with zero attached hydrogens (tertiary/aromatic N) is 2. The first kappa shape index (κ1) is 14.9. The van der Waals surface area contributed by atoms with Gasteiger partial charge in [0, 0.05) is 6.54 Å². The first-order valence-electron chi connectivity index (χ1n) is 7.27. The van der Waals surface area contributed by atoms with Gasteiger partial charge in [-0.1, -0.05) is 20.8 Å². The van der Waals surface area contributed by atoms with Crippen LogP contribution >= 0.6 is 15.9 Å². The van der Waals surface area contributed by atoms with Crippen LogP contribution in [0.4, 0.5) is 5.82 Å². The standard InChI is InChI=1S/C15H26BrN3/c1-10-13(16)14(17)19(18-10)9-11-5-7-12(8-6-11)15(2,3)4/h11-12H,5-9,17H2,1-4H3. The van der Waals surface area contributed by atoms with E-state index < -0.39 is 0 Å². The van der Waals surface area contributed by atoms with Gasteiger partial charge in [-0.2, -0.15) is 5.10 Å². The molecule has 19 heavy (non-hydrogen) atoms. The smallest absolute Gasteiger partial charge is 0.136 e. The van der Waals surface area contributed by atoms with E-state index in [0.29, 0.717) is 5.41 Å². The minimum absolute atomic E-state index is 0.454. The predicted octanol–water partition coefficient (Wildman–Crippen LogP) is 4.39. The van der Waals surface area contributed by atoms with Crippen LogP contribution in [0.25, 0.3) is 0 Å². The molecule has 2 N–H and O–H groups in total. The zero-order valence-electron chi connectivity index (χ0n) is 12.5. The van der Waals surface area contributed by atoms with Crippen LogP contribution in [0, 0.1) is 24.2 Å². The predicted molar refractivity (Wildman–Crippen MR) is 84.0 cm³/mol. The van der Waals surface area contributed by atoms with Crippen molar-refractivity contribution < 1.29 is 0 Å². The van der Waals surface area contributed by atoms with Gasteiger partial charge in [0.1, 0.15) is 5.82 Å². The Morgan fingerprint density at radius 2 is 1.84 bits per heavy atom. The molecule has 3 nitrogen and oxygen atoms in total. The molecule has 4 heteroatoms. The number of halogens is 1. The van der Waals surface area contributed by atoms with Crippen molar-refractivity contribution in [2.24, 2.45) is 17.3 Å². The number of rotatable bonds is 2. The lowest BCUT2D eigenvalue weighted by Crippen LogP contribution is -2.27. The van der Waals surface area contributed by atoms with Gasteiger partial charge < -0.3 is 5.73 Å². The Balaban J connectivity index is 1.94. The third-order valence-electron chi connectivity index (χ3n) is 4.59. The van der Waals surface area contributed by atoms with Gasteiger partial charge in [0.25, 0.3) is 0 Å². The molecule has 0 amide bonds. The van der Waals surface area contributed by atoms with Gasteiger partial charge in [0.05, 0.1) is 10.2 Å². The van der Waals surface area contributed by atoms with E-state index in [0.717, 1.165) is 34.4 Å². The normalized spacial score (nSPS) is 24.7. The lowest BCUT2D eigenvalue weighted by atomic mass is 9.70. The fraction of sp³-hybridized carbons (Fsp3) is 0.800. The maximum Gasteiger partial charge on any atom is 0.136 e. The molecule has 0 spiro atoms. The van der Waals surface area contributed by atoms with Gasteiger partial charge in [-0.3, -0.25) is 0 Å². The number of nitrogens with two attached hydrogens (primary N) is 1. The average molecular weight is 328 g/mol. The van der Waals surface area contributed by atoms with Gasteiger partial charge in [0.15, 0.2) is 0 Å². The van der Waals surface area contributed by atoms with Crippen molar-refractivity contribution in [1.82, 2.24) is 9.78 Å². The van der Waals surface area contributed by atoms with Crippen molar-refractivity contribution in [3.63, 3.8) is 0 Å². The Kier molecular flexibility index (Phi) is 4.29. The summed E-state index contributed by atoms with van der Waals surface area (Å²) in [6.07, 6.45) is 5.29. The molecule has 2 rings (SSSR count). The maximum absolute atomic E-state index is 6.07.